The molecule has 1 amide bonds. The smallest absolute Gasteiger partial charge is 0.225 e. The highest BCUT2D eigenvalue weighted by atomic mass is 35.5. The molecule has 0 unspecified atom stereocenters. The average Bonchev–Trinajstić information content (AvgIpc) is 2.95. The third kappa shape index (κ3) is 6.21. The van der Waals surface area contributed by atoms with E-state index in [1.165, 1.54) is 12.1 Å². The standard InChI is InChI=1S/C30H32ClFN4O2/c31-27-19-33-30(35-28(27)24-3-1-2-23(18-24)21-8-10-25(32)11-9-21)34-26-12-15-36(16-13-26)29(38)22-6-4-20(5-7-22)14-17-37/h1-3,8-11,17-20,22,26H,4-7,12-16H2,(H,33,34,35). The van der Waals surface area contributed by atoms with Crippen molar-refractivity contribution in [3.8, 4) is 22.4 Å². The van der Waals surface area contributed by atoms with E-state index in [-0.39, 0.29) is 23.7 Å². The Bertz CT molecular complexity index is 1270. The van der Waals surface area contributed by atoms with Crippen molar-refractivity contribution in [1.29, 1.82) is 0 Å². The molecule has 2 aromatic carbocycles. The van der Waals surface area contributed by atoms with E-state index in [1.54, 1.807) is 18.3 Å². The van der Waals surface area contributed by atoms with Gasteiger partial charge >= 0.3 is 0 Å². The first-order valence-electron chi connectivity index (χ1n) is 13.4. The maximum atomic E-state index is 13.3. The maximum Gasteiger partial charge on any atom is 0.225 e. The first kappa shape index (κ1) is 26.3. The van der Waals surface area contributed by atoms with Gasteiger partial charge in [0.2, 0.25) is 11.9 Å². The van der Waals surface area contributed by atoms with Gasteiger partial charge in [-0.2, -0.15) is 0 Å². The Balaban J connectivity index is 1.20. The number of amides is 1. The molecule has 0 radical (unpaired) electrons. The number of aldehydes is 1. The molecule has 0 spiro atoms. The number of piperidine rings is 1. The molecule has 5 rings (SSSR count). The van der Waals surface area contributed by atoms with E-state index in [4.69, 9.17) is 16.6 Å². The fourth-order valence-corrected chi connectivity index (χ4v) is 5.79. The second kappa shape index (κ2) is 12.0. The van der Waals surface area contributed by atoms with Crippen LogP contribution in [0.25, 0.3) is 22.4 Å². The quantitative estimate of drug-likeness (QED) is 0.355. The summed E-state index contributed by atoms with van der Waals surface area (Å²) in [5, 5.41) is 3.89. The minimum Gasteiger partial charge on any atom is -0.351 e. The number of hydrogen-bond donors (Lipinski definition) is 1. The van der Waals surface area contributed by atoms with Crippen molar-refractivity contribution >= 4 is 29.7 Å². The lowest BCUT2D eigenvalue weighted by Gasteiger charge is -2.36. The molecule has 38 heavy (non-hydrogen) atoms. The number of hydrogen-bond acceptors (Lipinski definition) is 5. The Labute approximate surface area is 227 Å². The molecular weight excluding hydrogens is 503 g/mol. The van der Waals surface area contributed by atoms with E-state index in [0.717, 1.165) is 61.5 Å². The molecule has 0 bridgehead atoms. The van der Waals surface area contributed by atoms with Crippen molar-refractivity contribution in [2.45, 2.75) is 51.0 Å². The van der Waals surface area contributed by atoms with Crippen LogP contribution in [0.4, 0.5) is 10.3 Å². The summed E-state index contributed by atoms with van der Waals surface area (Å²) in [7, 11) is 0. The number of nitrogens with one attached hydrogen (secondary N) is 1. The van der Waals surface area contributed by atoms with Crippen LogP contribution in [0.5, 0.6) is 0 Å². The van der Waals surface area contributed by atoms with Crippen LogP contribution in [-0.2, 0) is 9.59 Å². The summed E-state index contributed by atoms with van der Waals surface area (Å²) >= 11 is 6.48. The zero-order chi connectivity index (χ0) is 26.5. The number of rotatable bonds is 7. The van der Waals surface area contributed by atoms with Crippen LogP contribution in [-0.4, -0.2) is 46.2 Å². The number of aromatic nitrogens is 2. The van der Waals surface area contributed by atoms with Crippen molar-refractivity contribution < 1.29 is 14.0 Å². The average molecular weight is 535 g/mol. The van der Waals surface area contributed by atoms with Crippen LogP contribution in [0.1, 0.15) is 44.9 Å². The van der Waals surface area contributed by atoms with Crippen LogP contribution in [0.3, 0.4) is 0 Å². The molecule has 3 aromatic rings. The Morgan fingerprint density at radius 2 is 1.71 bits per heavy atom. The van der Waals surface area contributed by atoms with Crippen molar-refractivity contribution in [3.63, 3.8) is 0 Å². The molecule has 1 N–H and O–H groups in total. The first-order valence-corrected chi connectivity index (χ1v) is 13.8. The van der Waals surface area contributed by atoms with Crippen LogP contribution >= 0.6 is 11.6 Å². The number of carbonyl (C=O) groups is 2. The highest BCUT2D eigenvalue weighted by Gasteiger charge is 2.31. The largest absolute Gasteiger partial charge is 0.351 e. The van der Waals surface area contributed by atoms with Crippen molar-refractivity contribution in [3.05, 3.63) is 65.6 Å². The molecule has 1 aromatic heterocycles. The Morgan fingerprint density at radius 3 is 2.42 bits per heavy atom. The van der Waals surface area contributed by atoms with E-state index < -0.39 is 0 Å². The van der Waals surface area contributed by atoms with Crippen molar-refractivity contribution in [2.24, 2.45) is 11.8 Å². The third-order valence-corrected chi connectivity index (χ3v) is 8.10. The molecule has 1 saturated carbocycles. The van der Waals surface area contributed by atoms with E-state index in [2.05, 4.69) is 10.3 Å². The summed E-state index contributed by atoms with van der Waals surface area (Å²) in [5.74, 6) is 1.04. The molecule has 2 aliphatic rings. The minimum atomic E-state index is -0.270. The van der Waals surface area contributed by atoms with Crippen LogP contribution < -0.4 is 5.32 Å². The zero-order valence-electron chi connectivity index (χ0n) is 21.3. The van der Waals surface area contributed by atoms with Crippen molar-refractivity contribution in [2.75, 3.05) is 18.4 Å². The number of carbonyl (C=O) groups excluding carboxylic acids is 2. The van der Waals surface area contributed by atoms with Gasteiger partial charge in [0.1, 0.15) is 12.1 Å². The molecule has 6 nitrogen and oxygen atoms in total. The van der Waals surface area contributed by atoms with Gasteiger partial charge in [-0.1, -0.05) is 41.9 Å². The van der Waals surface area contributed by atoms with Crippen LogP contribution in [0.15, 0.2) is 54.7 Å². The lowest BCUT2D eigenvalue weighted by molar-refractivity contribution is -0.137. The molecule has 2 heterocycles. The first-order chi connectivity index (χ1) is 18.5. The van der Waals surface area contributed by atoms with E-state index in [0.29, 0.717) is 42.1 Å². The molecule has 0 atom stereocenters. The van der Waals surface area contributed by atoms with E-state index in [1.807, 2.05) is 29.2 Å². The summed E-state index contributed by atoms with van der Waals surface area (Å²) in [6, 6.07) is 14.4. The second-order valence-electron chi connectivity index (χ2n) is 10.3. The number of nitrogens with zero attached hydrogens (tertiary/aromatic N) is 3. The van der Waals surface area contributed by atoms with Gasteiger partial charge < -0.3 is 15.0 Å². The van der Waals surface area contributed by atoms with Gasteiger partial charge in [0.25, 0.3) is 0 Å². The van der Waals surface area contributed by atoms with Gasteiger partial charge in [0, 0.05) is 37.0 Å². The topological polar surface area (TPSA) is 75.2 Å². The number of halogens is 2. The van der Waals surface area contributed by atoms with E-state index in [9.17, 15) is 14.0 Å². The molecule has 2 fully saturated rings. The summed E-state index contributed by atoms with van der Waals surface area (Å²) in [5.41, 5.74) is 3.34. The highest BCUT2D eigenvalue weighted by Crippen LogP contribution is 2.33. The SMILES string of the molecule is O=CCC1CCC(C(=O)N2CCC(Nc3ncc(Cl)c(-c4cccc(-c5ccc(F)cc5)c4)n3)CC2)CC1. The molecule has 1 aliphatic carbocycles. The predicted molar refractivity (Wildman–Crippen MR) is 147 cm³/mol. The predicted octanol–water partition coefficient (Wildman–Crippen LogP) is 6.40. The lowest BCUT2D eigenvalue weighted by atomic mass is 9.80. The molecular formula is C30H32ClFN4O2. The number of benzene rings is 2. The third-order valence-electron chi connectivity index (χ3n) is 7.82. The van der Waals surface area contributed by atoms with E-state index >= 15 is 0 Å². The van der Waals surface area contributed by atoms with Gasteiger partial charge in [0.05, 0.1) is 16.9 Å². The van der Waals surface area contributed by atoms with Gasteiger partial charge in [0.15, 0.2) is 0 Å². The van der Waals surface area contributed by atoms with Gasteiger partial charge in [-0.05, 0) is 73.8 Å². The summed E-state index contributed by atoms with van der Waals surface area (Å²) in [6.45, 7) is 1.43. The normalized spacial score (nSPS) is 20.2. The molecule has 1 aliphatic heterocycles. The summed E-state index contributed by atoms with van der Waals surface area (Å²) in [4.78, 5) is 34.9. The highest BCUT2D eigenvalue weighted by molar-refractivity contribution is 6.32. The minimum absolute atomic E-state index is 0.0928. The Hall–Kier alpha value is -3.32. The van der Waals surface area contributed by atoms with Gasteiger partial charge in [-0.3, -0.25) is 4.79 Å². The molecule has 198 valence electrons. The Morgan fingerprint density at radius 1 is 1.00 bits per heavy atom. The number of anilines is 1. The fourth-order valence-electron chi connectivity index (χ4n) is 5.59. The number of likely N-dealkylation sites (tertiary alicyclic amines) is 1. The van der Waals surface area contributed by atoms with Crippen molar-refractivity contribution in [1.82, 2.24) is 14.9 Å². The van der Waals surface area contributed by atoms with Gasteiger partial charge in [-0.15, -0.1) is 0 Å². The monoisotopic (exact) mass is 534 g/mol. The maximum absolute atomic E-state index is 13.3. The molecule has 1 saturated heterocycles. The fraction of sp³-hybridized carbons (Fsp3) is 0.400. The second-order valence-corrected chi connectivity index (χ2v) is 10.7. The van der Waals surface area contributed by atoms with Crippen LogP contribution in [0, 0.1) is 17.7 Å². The molecule has 8 heteroatoms. The van der Waals surface area contributed by atoms with Gasteiger partial charge in [-0.25, -0.2) is 14.4 Å². The summed E-state index contributed by atoms with van der Waals surface area (Å²) in [6.07, 6.45) is 8.59. The lowest BCUT2D eigenvalue weighted by Crippen LogP contribution is -2.45. The zero-order valence-corrected chi connectivity index (χ0v) is 22.0. The summed E-state index contributed by atoms with van der Waals surface area (Å²) < 4.78 is 13.3. The van der Waals surface area contributed by atoms with Crippen LogP contribution in [0.2, 0.25) is 5.02 Å². The Kier molecular flexibility index (Phi) is 8.32.